The number of aryl methyl sites for hydroxylation is 2. The first-order chi connectivity index (χ1) is 9.52. The van der Waals surface area contributed by atoms with Crippen LogP contribution in [0.4, 0.5) is 5.69 Å². The molecular formula is C13H12BrN5S. The van der Waals surface area contributed by atoms with E-state index in [1.165, 1.54) is 0 Å². The quantitative estimate of drug-likeness (QED) is 0.770. The van der Waals surface area contributed by atoms with Gasteiger partial charge in [-0.15, -0.1) is 11.3 Å². The molecule has 0 aromatic carbocycles. The van der Waals surface area contributed by atoms with E-state index in [1.54, 1.807) is 22.2 Å². The lowest BCUT2D eigenvalue weighted by molar-refractivity contribution is 0.797. The summed E-state index contributed by atoms with van der Waals surface area (Å²) in [7, 11) is 0. The van der Waals surface area contributed by atoms with Gasteiger partial charge in [0.1, 0.15) is 5.69 Å². The number of nitrogens with zero attached hydrogens (tertiary/aromatic N) is 4. The molecule has 2 N–H and O–H groups in total. The van der Waals surface area contributed by atoms with Gasteiger partial charge in [0.25, 0.3) is 5.95 Å². The third-order valence-electron chi connectivity index (χ3n) is 2.72. The molecule has 0 aliphatic carbocycles. The first-order valence-electron chi connectivity index (χ1n) is 5.95. The normalized spacial score (nSPS) is 10.9. The van der Waals surface area contributed by atoms with Crippen LogP contribution in [0.3, 0.4) is 0 Å². The molecule has 3 aromatic heterocycles. The van der Waals surface area contributed by atoms with E-state index in [0.717, 1.165) is 26.4 Å². The van der Waals surface area contributed by atoms with E-state index < -0.39 is 0 Å². The number of hydrogen-bond acceptors (Lipinski definition) is 5. The van der Waals surface area contributed by atoms with Gasteiger partial charge in [-0.25, -0.2) is 14.6 Å². The Morgan fingerprint density at radius 2 is 1.90 bits per heavy atom. The van der Waals surface area contributed by atoms with Crippen molar-refractivity contribution in [1.29, 1.82) is 0 Å². The molecule has 0 aliphatic heterocycles. The average molecular weight is 350 g/mol. The van der Waals surface area contributed by atoms with Gasteiger partial charge in [0.2, 0.25) is 0 Å². The Morgan fingerprint density at radius 3 is 2.50 bits per heavy atom. The molecular weight excluding hydrogens is 338 g/mol. The van der Waals surface area contributed by atoms with Gasteiger partial charge in [0.05, 0.1) is 16.8 Å². The first kappa shape index (κ1) is 13.3. The fourth-order valence-corrected chi connectivity index (χ4v) is 3.36. The van der Waals surface area contributed by atoms with Crippen molar-refractivity contribution in [2.24, 2.45) is 0 Å². The molecule has 3 heterocycles. The van der Waals surface area contributed by atoms with Gasteiger partial charge in [0.15, 0.2) is 0 Å². The van der Waals surface area contributed by atoms with Crippen molar-refractivity contribution in [3.8, 4) is 16.5 Å². The summed E-state index contributed by atoms with van der Waals surface area (Å²) in [6.45, 7) is 3.87. The number of nitrogens with two attached hydrogens (primary N) is 1. The fourth-order valence-electron chi connectivity index (χ4n) is 1.93. The summed E-state index contributed by atoms with van der Waals surface area (Å²) in [6.07, 6.45) is 1.75. The Kier molecular flexibility index (Phi) is 3.31. The number of hydrogen-bond donors (Lipinski definition) is 1. The Bertz CT molecular complexity index is 757. The summed E-state index contributed by atoms with van der Waals surface area (Å²) >= 11 is 5.02. The Balaban J connectivity index is 2.08. The second kappa shape index (κ2) is 4.99. The molecule has 0 unspecified atom stereocenters. The second-order valence-electron chi connectivity index (χ2n) is 4.46. The van der Waals surface area contributed by atoms with E-state index >= 15 is 0 Å². The van der Waals surface area contributed by atoms with Crippen LogP contribution in [0.1, 0.15) is 11.4 Å². The molecule has 5 nitrogen and oxygen atoms in total. The number of halogens is 1. The Morgan fingerprint density at radius 1 is 1.20 bits per heavy atom. The van der Waals surface area contributed by atoms with Crippen LogP contribution in [0.5, 0.6) is 0 Å². The molecule has 3 aromatic rings. The minimum absolute atomic E-state index is 0.538. The van der Waals surface area contributed by atoms with Crippen LogP contribution in [0, 0.1) is 13.8 Å². The summed E-state index contributed by atoms with van der Waals surface area (Å²) in [5, 5.41) is 6.50. The van der Waals surface area contributed by atoms with E-state index in [0.29, 0.717) is 11.6 Å². The van der Waals surface area contributed by atoms with Crippen LogP contribution < -0.4 is 5.73 Å². The molecule has 0 spiro atoms. The van der Waals surface area contributed by atoms with Gasteiger partial charge in [-0.05, 0) is 41.9 Å². The zero-order chi connectivity index (χ0) is 14.3. The lowest BCUT2D eigenvalue weighted by Crippen LogP contribution is -2.04. The van der Waals surface area contributed by atoms with Crippen molar-refractivity contribution >= 4 is 33.0 Å². The van der Waals surface area contributed by atoms with E-state index in [4.69, 9.17) is 5.73 Å². The maximum absolute atomic E-state index is 6.05. The van der Waals surface area contributed by atoms with Crippen molar-refractivity contribution in [3.05, 3.63) is 39.6 Å². The van der Waals surface area contributed by atoms with Crippen molar-refractivity contribution in [2.45, 2.75) is 13.8 Å². The average Bonchev–Trinajstić information content (AvgIpc) is 2.94. The summed E-state index contributed by atoms with van der Waals surface area (Å²) in [6, 6.07) is 3.92. The Labute approximate surface area is 128 Å². The summed E-state index contributed by atoms with van der Waals surface area (Å²) in [4.78, 5) is 9.78. The van der Waals surface area contributed by atoms with Crippen LogP contribution in [-0.2, 0) is 0 Å². The van der Waals surface area contributed by atoms with Gasteiger partial charge in [-0.3, -0.25) is 0 Å². The predicted molar refractivity (Wildman–Crippen MR) is 84.1 cm³/mol. The van der Waals surface area contributed by atoms with Gasteiger partial charge in [0, 0.05) is 21.2 Å². The zero-order valence-electron chi connectivity index (χ0n) is 11.0. The molecule has 20 heavy (non-hydrogen) atoms. The standard InChI is InChI=1S/C13H12BrN5S/c1-7-3-8(2)17-13(16-7)19-5-10(15)12(18-19)11-4-9(14)6-20-11/h3-6H,15H2,1-2H3. The molecule has 0 radical (unpaired) electrons. The van der Waals surface area contributed by atoms with Gasteiger partial charge < -0.3 is 5.73 Å². The highest BCUT2D eigenvalue weighted by molar-refractivity contribution is 9.10. The van der Waals surface area contributed by atoms with Crippen LogP contribution in [0.25, 0.3) is 16.5 Å². The number of thiophene rings is 1. The minimum atomic E-state index is 0.538. The largest absolute Gasteiger partial charge is 0.396 e. The van der Waals surface area contributed by atoms with Crippen LogP contribution >= 0.6 is 27.3 Å². The van der Waals surface area contributed by atoms with E-state index in [9.17, 15) is 0 Å². The van der Waals surface area contributed by atoms with E-state index in [-0.39, 0.29) is 0 Å². The first-order valence-corrected chi connectivity index (χ1v) is 7.62. The highest BCUT2D eigenvalue weighted by Gasteiger charge is 2.13. The molecule has 0 fully saturated rings. The summed E-state index contributed by atoms with van der Waals surface area (Å²) in [5.41, 5.74) is 9.22. The zero-order valence-corrected chi connectivity index (χ0v) is 13.4. The van der Waals surface area contributed by atoms with Crippen LogP contribution in [0.2, 0.25) is 0 Å². The number of rotatable bonds is 2. The summed E-state index contributed by atoms with van der Waals surface area (Å²) in [5.74, 6) is 0.538. The molecule has 0 saturated heterocycles. The van der Waals surface area contributed by atoms with E-state index in [1.807, 2.05) is 31.4 Å². The molecule has 3 rings (SSSR count). The molecule has 0 atom stereocenters. The highest BCUT2D eigenvalue weighted by Crippen LogP contribution is 2.32. The van der Waals surface area contributed by atoms with Crippen molar-refractivity contribution in [2.75, 3.05) is 5.73 Å². The monoisotopic (exact) mass is 349 g/mol. The van der Waals surface area contributed by atoms with Crippen LogP contribution in [0.15, 0.2) is 28.2 Å². The van der Waals surface area contributed by atoms with Gasteiger partial charge in [-0.2, -0.15) is 5.10 Å². The van der Waals surface area contributed by atoms with Gasteiger partial charge in [-0.1, -0.05) is 0 Å². The maximum Gasteiger partial charge on any atom is 0.251 e. The SMILES string of the molecule is Cc1cc(C)nc(-n2cc(N)c(-c3cc(Br)cs3)n2)n1. The van der Waals surface area contributed by atoms with Crippen LogP contribution in [-0.4, -0.2) is 19.7 Å². The third kappa shape index (κ3) is 2.46. The van der Waals surface area contributed by atoms with Crippen molar-refractivity contribution < 1.29 is 0 Å². The lowest BCUT2D eigenvalue weighted by Gasteiger charge is -2.02. The minimum Gasteiger partial charge on any atom is -0.396 e. The lowest BCUT2D eigenvalue weighted by atomic mass is 10.3. The smallest absolute Gasteiger partial charge is 0.251 e. The van der Waals surface area contributed by atoms with E-state index in [2.05, 4.69) is 31.0 Å². The molecule has 102 valence electrons. The highest BCUT2D eigenvalue weighted by atomic mass is 79.9. The maximum atomic E-state index is 6.05. The topological polar surface area (TPSA) is 69.6 Å². The third-order valence-corrected chi connectivity index (χ3v) is 4.42. The number of aromatic nitrogens is 4. The fraction of sp³-hybridized carbons (Fsp3) is 0.154. The second-order valence-corrected chi connectivity index (χ2v) is 6.28. The van der Waals surface area contributed by atoms with Gasteiger partial charge >= 0.3 is 0 Å². The predicted octanol–water partition coefficient (Wildman–Crippen LogP) is 3.35. The molecule has 0 amide bonds. The molecule has 7 heteroatoms. The molecule has 0 aliphatic rings. The molecule has 0 saturated carbocycles. The molecule has 0 bridgehead atoms. The van der Waals surface area contributed by atoms with Crippen molar-refractivity contribution in [3.63, 3.8) is 0 Å². The van der Waals surface area contributed by atoms with Crippen molar-refractivity contribution in [1.82, 2.24) is 19.7 Å². The summed E-state index contributed by atoms with van der Waals surface area (Å²) < 4.78 is 2.65. The number of anilines is 1. The Hall–Kier alpha value is -1.73. The number of nitrogen functional groups attached to an aromatic ring is 1.